The highest BCUT2D eigenvalue weighted by Crippen LogP contribution is 2.39. The molecule has 4 rings (SSSR count). The van der Waals surface area contributed by atoms with Gasteiger partial charge in [-0.25, -0.2) is 4.57 Å². The molecule has 5 N–H and O–H groups in total. The fraction of sp³-hybridized carbons (Fsp3) is 0.227. The second-order valence-corrected chi connectivity index (χ2v) is 7.30. The van der Waals surface area contributed by atoms with Gasteiger partial charge in [0, 0.05) is 21.9 Å². The van der Waals surface area contributed by atoms with Crippen LogP contribution in [0.25, 0.3) is 22.0 Å². The van der Waals surface area contributed by atoms with Crippen molar-refractivity contribution in [2.75, 3.05) is 6.61 Å². The van der Waals surface area contributed by atoms with Crippen molar-refractivity contribution in [2.24, 2.45) is 0 Å². The van der Waals surface area contributed by atoms with Crippen LogP contribution < -0.4 is 5.56 Å². The maximum absolute atomic E-state index is 13.2. The molecule has 0 saturated carbocycles. The SMILES string of the molecule is O=C1c2ccccc2-c2c1c1ccccc1c(=O)n2C(=O)[C@H](O)[C@@H](O)[C@H](O)[C@H](O)CO. The average Bonchev–Trinajstić information content (AvgIpc) is 3.09. The van der Waals surface area contributed by atoms with E-state index < -0.39 is 48.3 Å². The molecule has 1 heterocycles. The van der Waals surface area contributed by atoms with Gasteiger partial charge < -0.3 is 25.5 Å². The van der Waals surface area contributed by atoms with Crippen LogP contribution in [0.5, 0.6) is 0 Å². The topological polar surface area (TPSA) is 157 Å². The molecule has 0 unspecified atom stereocenters. The molecular weight excluding hydrogens is 406 g/mol. The number of aliphatic hydroxyl groups is 5. The standard InChI is InChI=1S/C22H19NO8/c24-9-14(25)18(27)19(28)20(29)22(31)23-16-11-6-2-3-7-12(11)17(26)15(16)10-5-1-4-8-13(10)21(23)30/h1-8,14,18-20,24-25,27-29H,9H2/t14-,18-,19+,20-/m1/s1. The summed E-state index contributed by atoms with van der Waals surface area (Å²) in [7, 11) is 0. The van der Waals surface area contributed by atoms with Gasteiger partial charge >= 0.3 is 0 Å². The summed E-state index contributed by atoms with van der Waals surface area (Å²) in [4.78, 5) is 39.4. The minimum Gasteiger partial charge on any atom is -0.394 e. The smallest absolute Gasteiger partial charge is 0.265 e. The quantitative estimate of drug-likeness (QED) is 0.281. The molecule has 0 aliphatic heterocycles. The molecule has 0 bridgehead atoms. The number of aliphatic hydroxyl groups excluding tert-OH is 5. The first-order valence-electron chi connectivity index (χ1n) is 9.48. The molecule has 31 heavy (non-hydrogen) atoms. The van der Waals surface area contributed by atoms with E-state index in [0.717, 1.165) is 0 Å². The Morgan fingerprint density at radius 2 is 1.42 bits per heavy atom. The first kappa shape index (κ1) is 21.0. The van der Waals surface area contributed by atoms with Crippen LogP contribution in [0.1, 0.15) is 20.7 Å². The van der Waals surface area contributed by atoms with Gasteiger partial charge in [-0.15, -0.1) is 0 Å². The van der Waals surface area contributed by atoms with Gasteiger partial charge in [-0.05, 0) is 6.07 Å². The second kappa shape index (κ2) is 7.80. The summed E-state index contributed by atoms with van der Waals surface area (Å²) in [5.74, 6) is -1.68. The van der Waals surface area contributed by atoms with E-state index in [1.807, 2.05) is 0 Å². The zero-order valence-electron chi connectivity index (χ0n) is 16.0. The summed E-state index contributed by atoms with van der Waals surface area (Å²) in [6.07, 6.45) is -8.39. The van der Waals surface area contributed by atoms with Gasteiger partial charge in [0.25, 0.3) is 11.5 Å². The fourth-order valence-electron chi connectivity index (χ4n) is 3.87. The second-order valence-electron chi connectivity index (χ2n) is 7.30. The highest BCUT2D eigenvalue weighted by atomic mass is 16.4. The molecule has 0 amide bonds. The summed E-state index contributed by atoms with van der Waals surface area (Å²) in [6, 6.07) is 12.6. The molecule has 9 nitrogen and oxygen atoms in total. The lowest BCUT2D eigenvalue weighted by molar-refractivity contribution is -0.107. The molecule has 1 aliphatic carbocycles. The van der Waals surface area contributed by atoms with Crippen LogP contribution in [0.4, 0.5) is 0 Å². The van der Waals surface area contributed by atoms with E-state index in [-0.39, 0.29) is 22.2 Å². The molecule has 0 saturated heterocycles. The summed E-state index contributed by atoms with van der Waals surface area (Å²) >= 11 is 0. The minimum absolute atomic E-state index is 0.0160. The zero-order chi connectivity index (χ0) is 22.4. The molecule has 3 aromatic rings. The zero-order valence-corrected chi connectivity index (χ0v) is 16.0. The average molecular weight is 425 g/mol. The van der Waals surface area contributed by atoms with Gasteiger partial charge in [0.15, 0.2) is 11.9 Å². The Bertz CT molecular complexity index is 1260. The number of pyridine rings is 1. The maximum Gasteiger partial charge on any atom is 0.265 e. The highest BCUT2D eigenvalue weighted by molar-refractivity contribution is 6.27. The van der Waals surface area contributed by atoms with Gasteiger partial charge in [0.05, 0.1) is 17.9 Å². The molecule has 2 aromatic carbocycles. The van der Waals surface area contributed by atoms with Crippen molar-refractivity contribution in [3.05, 3.63) is 70.0 Å². The van der Waals surface area contributed by atoms with E-state index in [1.54, 1.807) is 42.5 Å². The largest absolute Gasteiger partial charge is 0.394 e. The van der Waals surface area contributed by atoms with Gasteiger partial charge in [-0.3, -0.25) is 14.4 Å². The van der Waals surface area contributed by atoms with Crippen molar-refractivity contribution < 1.29 is 35.1 Å². The third-order valence-electron chi connectivity index (χ3n) is 5.47. The normalized spacial score (nSPS) is 16.5. The summed E-state index contributed by atoms with van der Waals surface area (Å²) < 4.78 is 0.618. The Morgan fingerprint density at radius 1 is 0.839 bits per heavy atom. The third kappa shape index (κ3) is 3.11. The van der Waals surface area contributed by atoms with Crippen LogP contribution in [0.2, 0.25) is 0 Å². The Hall–Kier alpha value is -3.21. The lowest BCUT2D eigenvalue weighted by Crippen LogP contribution is -2.51. The van der Waals surface area contributed by atoms with Crippen molar-refractivity contribution in [1.82, 2.24) is 4.57 Å². The number of hydrogen-bond donors (Lipinski definition) is 5. The number of rotatable bonds is 5. The van der Waals surface area contributed by atoms with Crippen LogP contribution in [-0.2, 0) is 0 Å². The summed E-state index contributed by atoms with van der Waals surface area (Å²) in [5.41, 5.74) is -0.121. The lowest BCUT2D eigenvalue weighted by Gasteiger charge is -2.25. The van der Waals surface area contributed by atoms with Gasteiger partial charge in [-0.1, -0.05) is 42.5 Å². The number of ketones is 1. The van der Waals surface area contributed by atoms with Gasteiger partial charge in [0.1, 0.15) is 18.3 Å². The molecule has 160 valence electrons. The lowest BCUT2D eigenvalue weighted by atomic mass is 10.0. The third-order valence-corrected chi connectivity index (χ3v) is 5.47. The molecule has 4 atom stereocenters. The monoisotopic (exact) mass is 425 g/mol. The van der Waals surface area contributed by atoms with E-state index in [4.69, 9.17) is 5.11 Å². The van der Waals surface area contributed by atoms with E-state index in [9.17, 15) is 34.8 Å². The molecule has 0 fully saturated rings. The van der Waals surface area contributed by atoms with Crippen LogP contribution in [0.15, 0.2) is 53.3 Å². The van der Waals surface area contributed by atoms with E-state index in [1.165, 1.54) is 6.07 Å². The van der Waals surface area contributed by atoms with Crippen molar-refractivity contribution >= 4 is 22.5 Å². The Morgan fingerprint density at radius 3 is 2.06 bits per heavy atom. The van der Waals surface area contributed by atoms with Crippen molar-refractivity contribution in [1.29, 1.82) is 0 Å². The first-order valence-corrected chi connectivity index (χ1v) is 9.48. The van der Waals surface area contributed by atoms with Crippen molar-refractivity contribution in [3.8, 4) is 11.3 Å². The number of nitrogens with zero attached hydrogens (tertiary/aromatic N) is 1. The predicted molar refractivity (Wildman–Crippen MR) is 109 cm³/mol. The number of aromatic nitrogens is 1. The van der Waals surface area contributed by atoms with Gasteiger partial charge in [0.2, 0.25) is 0 Å². The van der Waals surface area contributed by atoms with Crippen molar-refractivity contribution in [3.63, 3.8) is 0 Å². The highest BCUT2D eigenvalue weighted by Gasteiger charge is 2.39. The number of fused-ring (bicyclic) bond motifs is 5. The Labute approximate surface area is 175 Å². The first-order chi connectivity index (χ1) is 14.8. The van der Waals surface area contributed by atoms with Crippen molar-refractivity contribution in [2.45, 2.75) is 24.4 Å². The van der Waals surface area contributed by atoms with E-state index >= 15 is 0 Å². The Balaban J connectivity index is 1.96. The molecule has 0 radical (unpaired) electrons. The molecule has 0 spiro atoms. The van der Waals surface area contributed by atoms with E-state index in [0.29, 0.717) is 15.5 Å². The maximum atomic E-state index is 13.2. The van der Waals surface area contributed by atoms with E-state index in [2.05, 4.69) is 0 Å². The van der Waals surface area contributed by atoms with Crippen LogP contribution in [0.3, 0.4) is 0 Å². The number of carbonyl (C=O) groups is 2. The Kier molecular flexibility index (Phi) is 5.29. The molecule has 1 aliphatic rings. The number of benzene rings is 2. The van der Waals surface area contributed by atoms with Crippen LogP contribution in [-0.4, -0.2) is 72.8 Å². The fourth-order valence-corrected chi connectivity index (χ4v) is 3.87. The number of carbonyl (C=O) groups excluding carboxylic acids is 2. The molecule has 1 aromatic heterocycles. The summed E-state index contributed by atoms with van der Waals surface area (Å²) in [5, 5.41) is 49.3. The van der Waals surface area contributed by atoms with Crippen LogP contribution in [0, 0.1) is 0 Å². The molecular formula is C22H19NO8. The van der Waals surface area contributed by atoms with Gasteiger partial charge in [-0.2, -0.15) is 0 Å². The minimum atomic E-state index is -2.32. The predicted octanol–water partition coefficient (Wildman–Crippen LogP) is -0.711. The summed E-state index contributed by atoms with van der Waals surface area (Å²) in [6.45, 7) is -0.924. The van der Waals surface area contributed by atoms with Crippen LogP contribution >= 0.6 is 0 Å². The molecule has 9 heteroatoms. The number of hydrogen-bond acceptors (Lipinski definition) is 8.